The molecule has 0 saturated carbocycles. The molecule has 1 aromatic heterocycles. The molecule has 78 valence electrons. The highest BCUT2D eigenvalue weighted by Gasteiger charge is 2.30. The fourth-order valence-corrected chi connectivity index (χ4v) is 1.86. The first kappa shape index (κ1) is 10.1. The normalized spacial score (nSPS) is 26.3. The Kier molecular flexibility index (Phi) is 2.40. The lowest BCUT2D eigenvalue weighted by molar-refractivity contribution is -0.119. The molecule has 0 unspecified atom stereocenters. The van der Waals surface area contributed by atoms with Crippen LogP contribution < -0.4 is 0 Å². The Labute approximate surface area is 88.5 Å². The summed E-state index contributed by atoms with van der Waals surface area (Å²) in [5.74, 6) is -0.0353. The van der Waals surface area contributed by atoms with Crippen molar-refractivity contribution < 1.29 is 9.90 Å². The van der Waals surface area contributed by atoms with Crippen LogP contribution in [0.5, 0.6) is 0 Å². The smallest absolute Gasteiger partial charge is 0.158 e. The highest BCUT2D eigenvalue weighted by atomic mass is 16.3. The number of hydrogen-bond acceptors (Lipinski definition) is 3. The highest BCUT2D eigenvalue weighted by molar-refractivity contribution is 5.99. The zero-order valence-corrected chi connectivity index (χ0v) is 8.60. The van der Waals surface area contributed by atoms with Gasteiger partial charge in [0.1, 0.15) is 0 Å². The summed E-state index contributed by atoms with van der Waals surface area (Å²) < 4.78 is 0. The van der Waals surface area contributed by atoms with E-state index in [-0.39, 0.29) is 12.2 Å². The Morgan fingerprint density at radius 3 is 2.80 bits per heavy atom. The van der Waals surface area contributed by atoms with Crippen LogP contribution in [0.25, 0.3) is 5.57 Å². The lowest BCUT2D eigenvalue weighted by Gasteiger charge is -2.27. The number of ketones is 1. The van der Waals surface area contributed by atoms with E-state index in [9.17, 15) is 9.90 Å². The van der Waals surface area contributed by atoms with Crippen LogP contribution in [0.2, 0.25) is 0 Å². The number of carbonyl (C=O) groups is 1. The largest absolute Gasteiger partial charge is 0.389 e. The van der Waals surface area contributed by atoms with E-state index in [0.29, 0.717) is 6.42 Å². The van der Waals surface area contributed by atoms with Crippen molar-refractivity contribution in [1.29, 1.82) is 0 Å². The number of aromatic nitrogens is 1. The maximum Gasteiger partial charge on any atom is 0.158 e. The van der Waals surface area contributed by atoms with Crippen molar-refractivity contribution in [1.82, 2.24) is 4.98 Å². The number of carbonyl (C=O) groups excluding carboxylic acids is 1. The maximum atomic E-state index is 11.4. The summed E-state index contributed by atoms with van der Waals surface area (Å²) in [7, 11) is 0. The van der Waals surface area contributed by atoms with E-state index in [1.165, 1.54) is 0 Å². The van der Waals surface area contributed by atoms with Crippen LogP contribution >= 0.6 is 0 Å². The van der Waals surface area contributed by atoms with E-state index >= 15 is 0 Å². The van der Waals surface area contributed by atoms with Crippen LogP contribution in [0, 0.1) is 0 Å². The van der Waals surface area contributed by atoms with Crippen molar-refractivity contribution in [3.8, 4) is 0 Å². The van der Waals surface area contributed by atoms with E-state index in [1.807, 2.05) is 18.2 Å². The van der Waals surface area contributed by atoms with Gasteiger partial charge in [0, 0.05) is 19.0 Å². The lowest BCUT2D eigenvalue weighted by atomic mass is 9.84. The maximum absolute atomic E-state index is 11.4. The van der Waals surface area contributed by atoms with Crippen molar-refractivity contribution in [3.05, 3.63) is 36.2 Å². The molecule has 1 heterocycles. The Morgan fingerprint density at radius 1 is 1.40 bits per heavy atom. The molecular weight excluding hydrogens is 190 g/mol. The predicted octanol–water partition coefficient (Wildman–Crippen LogP) is 1.58. The summed E-state index contributed by atoms with van der Waals surface area (Å²) in [4.78, 5) is 15.6. The molecule has 0 aromatic carbocycles. The van der Waals surface area contributed by atoms with Gasteiger partial charge in [-0.15, -0.1) is 0 Å². The average Bonchev–Trinajstić information content (AvgIpc) is 2.16. The molecule has 15 heavy (non-hydrogen) atoms. The molecular formula is C12H13NO2. The van der Waals surface area contributed by atoms with Gasteiger partial charge in [-0.1, -0.05) is 6.07 Å². The molecule has 1 aliphatic rings. The summed E-state index contributed by atoms with van der Waals surface area (Å²) in [6, 6.07) is 5.55. The minimum atomic E-state index is -0.932. The monoisotopic (exact) mass is 203 g/mol. The van der Waals surface area contributed by atoms with Gasteiger partial charge in [-0.25, -0.2) is 0 Å². The molecule has 1 aromatic rings. The number of pyridine rings is 1. The first-order chi connectivity index (χ1) is 7.07. The molecule has 1 aliphatic carbocycles. The Morgan fingerprint density at radius 2 is 2.20 bits per heavy atom. The minimum absolute atomic E-state index is 0.0353. The fraction of sp³-hybridized carbons (Fsp3) is 0.333. The van der Waals surface area contributed by atoms with Gasteiger partial charge in [-0.05, 0) is 30.7 Å². The number of allylic oxidation sites excluding steroid dienone is 1. The number of aliphatic hydroxyl groups is 1. The van der Waals surface area contributed by atoms with Gasteiger partial charge in [-0.3, -0.25) is 9.78 Å². The average molecular weight is 203 g/mol. The van der Waals surface area contributed by atoms with Gasteiger partial charge < -0.3 is 5.11 Å². The fourth-order valence-electron chi connectivity index (χ4n) is 1.86. The van der Waals surface area contributed by atoms with Crippen LogP contribution in [-0.2, 0) is 4.79 Å². The molecule has 0 spiro atoms. The van der Waals surface area contributed by atoms with Gasteiger partial charge in [0.25, 0.3) is 0 Å². The third kappa shape index (κ3) is 2.30. The molecule has 3 heteroatoms. The molecule has 0 amide bonds. The van der Waals surface area contributed by atoms with Gasteiger partial charge in [0.05, 0.1) is 11.3 Å². The number of rotatable bonds is 1. The molecule has 0 fully saturated rings. The van der Waals surface area contributed by atoms with Crippen molar-refractivity contribution in [3.63, 3.8) is 0 Å². The second kappa shape index (κ2) is 3.59. The molecule has 3 nitrogen and oxygen atoms in total. The van der Waals surface area contributed by atoms with Gasteiger partial charge in [-0.2, -0.15) is 0 Å². The topological polar surface area (TPSA) is 50.2 Å². The quantitative estimate of drug-likeness (QED) is 0.753. The first-order valence-corrected chi connectivity index (χ1v) is 4.94. The van der Waals surface area contributed by atoms with Crippen LogP contribution in [0.15, 0.2) is 30.5 Å². The van der Waals surface area contributed by atoms with Crippen molar-refractivity contribution >= 4 is 11.4 Å². The van der Waals surface area contributed by atoms with Crippen LogP contribution in [-0.4, -0.2) is 21.5 Å². The van der Waals surface area contributed by atoms with Crippen molar-refractivity contribution in [2.24, 2.45) is 0 Å². The molecule has 0 radical (unpaired) electrons. The SMILES string of the molecule is C[C@@]1(O)CC(=O)C=C(c2ccccn2)C1. The molecule has 0 aliphatic heterocycles. The van der Waals surface area contributed by atoms with Gasteiger partial charge >= 0.3 is 0 Å². The van der Waals surface area contributed by atoms with Crippen molar-refractivity contribution in [2.75, 3.05) is 0 Å². The van der Waals surface area contributed by atoms with E-state index in [4.69, 9.17) is 0 Å². The summed E-state index contributed by atoms with van der Waals surface area (Å²) in [5, 5.41) is 9.89. The van der Waals surface area contributed by atoms with Crippen molar-refractivity contribution in [2.45, 2.75) is 25.4 Å². The Hall–Kier alpha value is -1.48. The highest BCUT2D eigenvalue weighted by Crippen LogP contribution is 2.30. The number of hydrogen-bond donors (Lipinski definition) is 1. The number of nitrogens with zero attached hydrogens (tertiary/aromatic N) is 1. The second-order valence-electron chi connectivity index (χ2n) is 4.20. The predicted molar refractivity (Wildman–Crippen MR) is 57.1 cm³/mol. The molecule has 0 bridgehead atoms. The van der Waals surface area contributed by atoms with Gasteiger partial charge in [0.2, 0.25) is 0 Å². The minimum Gasteiger partial charge on any atom is -0.389 e. The Balaban J connectivity index is 2.35. The standard InChI is InChI=1S/C12H13NO2/c1-12(15)7-9(6-10(14)8-12)11-4-2-3-5-13-11/h2-6,15H,7-8H2,1H3/t12-/m0/s1. The van der Waals surface area contributed by atoms with E-state index in [1.54, 1.807) is 19.2 Å². The Bertz CT molecular complexity index is 407. The van der Waals surface area contributed by atoms with E-state index in [0.717, 1.165) is 11.3 Å². The molecule has 1 atom stereocenters. The molecule has 0 saturated heterocycles. The second-order valence-corrected chi connectivity index (χ2v) is 4.20. The summed E-state index contributed by atoms with van der Waals surface area (Å²) in [6.45, 7) is 1.68. The van der Waals surface area contributed by atoms with Crippen LogP contribution in [0.3, 0.4) is 0 Å². The summed E-state index contributed by atoms with van der Waals surface area (Å²) in [6.07, 6.45) is 3.95. The zero-order chi connectivity index (χ0) is 10.9. The summed E-state index contributed by atoms with van der Waals surface area (Å²) in [5.41, 5.74) is 0.654. The van der Waals surface area contributed by atoms with E-state index in [2.05, 4.69) is 4.98 Å². The van der Waals surface area contributed by atoms with Gasteiger partial charge in [0.15, 0.2) is 5.78 Å². The zero-order valence-electron chi connectivity index (χ0n) is 8.60. The van der Waals surface area contributed by atoms with E-state index < -0.39 is 5.60 Å². The van der Waals surface area contributed by atoms with Crippen LogP contribution in [0.1, 0.15) is 25.5 Å². The summed E-state index contributed by atoms with van der Waals surface area (Å²) >= 11 is 0. The lowest BCUT2D eigenvalue weighted by Crippen LogP contribution is -2.31. The molecule has 2 rings (SSSR count). The van der Waals surface area contributed by atoms with Crippen LogP contribution in [0.4, 0.5) is 0 Å². The first-order valence-electron chi connectivity index (χ1n) is 4.94. The third-order valence-corrected chi connectivity index (χ3v) is 2.46. The third-order valence-electron chi connectivity index (χ3n) is 2.46. The molecule has 1 N–H and O–H groups in total.